The molecule has 0 saturated carbocycles. The van der Waals surface area contributed by atoms with Crippen LogP contribution in [-0.4, -0.2) is 20.8 Å². The summed E-state index contributed by atoms with van der Waals surface area (Å²) in [6.07, 6.45) is 1.90. The highest BCUT2D eigenvalue weighted by atomic mass is 32.2. The van der Waals surface area contributed by atoms with Crippen LogP contribution >= 0.6 is 11.8 Å². The van der Waals surface area contributed by atoms with E-state index in [-0.39, 0.29) is 5.82 Å². The third-order valence-electron chi connectivity index (χ3n) is 2.53. The maximum absolute atomic E-state index is 9.05. The van der Waals surface area contributed by atoms with E-state index in [2.05, 4.69) is 16.0 Å². The number of aromatic nitrogens is 3. The van der Waals surface area contributed by atoms with Crippen molar-refractivity contribution in [3.05, 3.63) is 11.4 Å². The Balaban J connectivity index is 2.97. The fourth-order valence-electron chi connectivity index (χ4n) is 1.59. The summed E-state index contributed by atoms with van der Waals surface area (Å²) in [6.45, 7) is 1.90. The van der Waals surface area contributed by atoms with Gasteiger partial charge in [0.05, 0.1) is 4.90 Å². The standard InChI is InChI=1S/C10H11N5S/c1-5-13-7-8(16-3)6(4-11)9(12)14-10(7)15(5)2/h1-3H3,(H2,12,14). The fraction of sp³-hybridized carbons (Fsp3) is 0.300. The predicted octanol–water partition coefficient (Wildman–Crippen LogP) is 1.45. The van der Waals surface area contributed by atoms with Gasteiger partial charge in [0.1, 0.15) is 28.8 Å². The van der Waals surface area contributed by atoms with Crippen molar-refractivity contribution in [2.24, 2.45) is 7.05 Å². The van der Waals surface area contributed by atoms with E-state index in [0.29, 0.717) is 5.56 Å². The van der Waals surface area contributed by atoms with Gasteiger partial charge in [-0.1, -0.05) is 0 Å². The third-order valence-corrected chi connectivity index (χ3v) is 3.33. The Morgan fingerprint density at radius 1 is 1.44 bits per heavy atom. The van der Waals surface area contributed by atoms with Gasteiger partial charge in [-0.05, 0) is 13.2 Å². The lowest BCUT2D eigenvalue weighted by atomic mass is 10.2. The molecule has 0 fully saturated rings. The highest BCUT2D eigenvalue weighted by molar-refractivity contribution is 7.98. The molecule has 2 N–H and O–H groups in total. The van der Waals surface area contributed by atoms with E-state index in [1.807, 2.05) is 24.8 Å². The van der Waals surface area contributed by atoms with Crippen LogP contribution in [0.25, 0.3) is 11.2 Å². The number of thioether (sulfide) groups is 1. The maximum Gasteiger partial charge on any atom is 0.163 e. The van der Waals surface area contributed by atoms with Gasteiger partial charge in [0, 0.05) is 7.05 Å². The molecule has 0 aliphatic heterocycles. The molecule has 5 nitrogen and oxygen atoms in total. The maximum atomic E-state index is 9.05. The SMILES string of the molecule is CSc1c(C#N)c(N)nc2c1nc(C)n2C. The van der Waals surface area contributed by atoms with Gasteiger partial charge < -0.3 is 10.3 Å². The number of rotatable bonds is 1. The smallest absolute Gasteiger partial charge is 0.163 e. The van der Waals surface area contributed by atoms with E-state index in [0.717, 1.165) is 21.9 Å². The number of aryl methyl sites for hydroxylation is 2. The second-order valence-electron chi connectivity index (χ2n) is 3.41. The summed E-state index contributed by atoms with van der Waals surface area (Å²) in [5.74, 6) is 1.12. The zero-order valence-corrected chi connectivity index (χ0v) is 10.1. The average Bonchev–Trinajstić information content (AvgIpc) is 2.54. The van der Waals surface area contributed by atoms with Crippen LogP contribution in [0.3, 0.4) is 0 Å². The molecule has 2 aromatic heterocycles. The Labute approximate surface area is 97.3 Å². The molecule has 0 saturated heterocycles. The van der Waals surface area contributed by atoms with Crippen molar-refractivity contribution < 1.29 is 0 Å². The van der Waals surface area contributed by atoms with E-state index in [1.165, 1.54) is 11.8 Å². The van der Waals surface area contributed by atoms with Gasteiger partial charge in [0.15, 0.2) is 5.65 Å². The zero-order chi connectivity index (χ0) is 11.9. The predicted molar refractivity (Wildman–Crippen MR) is 64.2 cm³/mol. The Kier molecular flexibility index (Phi) is 2.48. The molecule has 0 aliphatic carbocycles. The summed E-state index contributed by atoms with van der Waals surface area (Å²) in [5.41, 5.74) is 7.65. The molecule has 82 valence electrons. The minimum Gasteiger partial charge on any atom is -0.382 e. The Bertz CT molecular complexity index is 608. The second-order valence-corrected chi connectivity index (χ2v) is 4.22. The molecule has 0 aliphatic rings. The molecule has 16 heavy (non-hydrogen) atoms. The number of imidazole rings is 1. The summed E-state index contributed by atoms with van der Waals surface area (Å²) < 4.78 is 1.87. The largest absolute Gasteiger partial charge is 0.382 e. The van der Waals surface area contributed by atoms with Crippen LogP contribution in [0.4, 0.5) is 5.82 Å². The summed E-state index contributed by atoms with van der Waals surface area (Å²) in [5, 5.41) is 9.05. The monoisotopic (exact) mass is 233 g/mol. The number of anilines is 1. The first-order valence-corrected chi connectivity index (χ1v) is 5.89. The first-order valence-electron chi connectivity index (χ1n) is 4.66. The highest BCUT2D eigenvalue weighted by Gasteiger charge is 2.17. The van der Waals surface area contributed by atoms with Crippen molar-refractivity contribution in [2.45, 2.75) is 11.8 Å². The third kappa shape index (κ3) is 1.32. The molecule has 0 atom stereocenters. The summed E-state index contributed by atoms with van der Waals surface area (Å²) in [7, 11) is 1.88. The van der Waals surface area contributed by atoms with Gasteiger partial charge in [-0.15, -0.1) is 11.8 Å². The topological polar surface area (TPSA) is 80.5 Å². The first-order chi connectivity index (χ1) is 7.60. The molecule has 0 unspecified atom stereocenters. The molecule has 0 radical (unpaired) electrons. The molecule has 2 rings (SSSR count). The molecule has 0 spiro atoms. The lowest BCUT2D eigenvalue weighted by molar-refractivity contribution is 0.874. The van der Waals surface area contributed by atoms with Crippen molar-refractivity contribution in [1.82, 2.24) is 14.5 Å². The van der Waals surface area contributed by atoms with Crippen molar-refractivity contribution in [3.8, 4) is 6.07 Å². The lowest BCUT2D eigenvalue weighted by Crippen LogP contribution is -2.00. The van der Waals surface area contributed by atoms with Crippen LogP contribution in [0.5, 0.6) is 0 Å². The Morgan fingerprint density at radius 3 is 2.69 bits per heavy atom. The molecule has 2 heterocycles. The normalized spacial score (nSPS) is 10.6. The van der Waals surface area contributed by atoms with E-state index in [4.69, 9.17) is 11.0 Å². The number of hydrogen-bond acceptors (Lipinski definition) is 5. The highest BCUT2D eigenvalue weighted by Crippen LogP contribution is 2.31. The van der Waals surface area contributed by atoms with Crippen LogP contribution < -0.4 is 5.73 Å². The van der Waals surface area contributed by atoms with E-state index < -0.39 is 0 Å². The molecular formula is C10H11N5S. The van der Waals surface area contributed by atoms with Crippen LogP contribution in [-0.2, 0) is 7.05 Å². The number of hydrogen-bond donors (Lipinski definition) is 1. The number of pyridine rings is 1. The van der Waals surface area contributed by atoms with Gasteiger partial charge in [-0.2, -0.15) is 5.26 Å². The van der Waals surface area contributed by atoms with Gasteiger partial charge in [0.2, 0.25) is 0 Å². The molecule has 0 aromatic carbocycles. The quantitative estimate of drug-likeness (QED) is 0.754. The lowest BCUT2D eigenvalue weighted by Gasteiger charge is -2.04. The van der Waals surface area contributed by atoms with Gasteiger partial charge in [0.25, 0.3) is 0 Å². The Hall–Kier alpha value is -1.74. The Morgan fingerprint density at radius 2 is 2.12 bits per heavy atom. The van der Waals surface area contributed by atoms with E-state index >= 15 is 0 Å². The van der Waals surface area contributed by atoms with Gasteiger partial charge in [-0.3, -0.25) is 0 Å². The molecule has 6 heteroatoms. The van der Waals surface area contributed by atoms with Crippen LogP contribution in [0.2, 0.25) is 0 Å². The van der Waals surface area contributed by atoms with Crippen molar-refractivity contribution >= 4 is 28.7 Å². The van der Waals surface area contributed by atoms with E-state index in [9.17, 15) is 0 Å². The van der Waals surface area contributed by atoms with Crippen molar-refractivity contribution in [1.29, 1.82) is 5.26 Å². The molecule has 0 amide bonds. The number of nitriles is 1. The fourth-order valence-corrected chi connectivity index (χ4v) is 2.28. The summed E-state index contributed by atoms with van der Waals surface area (Å²) >= 11 is 1.47. The van der Waals surface area contributed by atoms with Crippen LogP contribution in [0.15, 0.2) is 4.90 Å². The van der Waals surface area contributed by atoms with Crippen molar-refractivity contribution in [2.75, 3.05) is 12.0 Å². The summed E-state index contributed by atoms with van der Waals surface area (Å²) in [4.78, 5) is 9.42. The molecule has 0 bridgehead atoms. The zero-order valence-electron chi connectivity index (χ0n) is 9.27. The minimum atomic E-state index is 0.266. The molecule has 2 aromatic rings. The van der Waals surface area contributed by atoms with Crippen molar-refractivity contribution in [3.63, 3.8) is 0 Å². The minimum absolute atomic E-state index is 0.266. The van der Waals surface area contributed by atoms with Crippen LogP contribution in [0.1, 0.15) is 11.4 Å². The number of nitrogen functional groups attached to an aromatic ring is 1. The summed E-state index contributed by atoms with van der Waals surface area (Å²) in [6, 6.07) is 2.08. The number of nitrogens with zero attached hydrogens (tertiary/aromatic N) is 4. The number of fused-ring (bicyclic) bond motifs is 1. The molecular weight excluding hydrogens is 222 g/mol. The first kappa shape index (κ1) is 10.8. The average molecular weight is 233 g/mol. The second kappa shape index (κ2) is 3.68. The van der Waals surface area contributed by atoms with Crippen LogP contribution in [0, 0.1) is 18.3 Å². The van der Waals surface area contributed by atoms with Gasteiger partial charge >= 0.3 is 0 Å². The number of nitrogens with two attached hydrogens (primary N) is 1. The van der Waals surface area contributed by atoms with E-state index in [1.54, 1.807) is 0 Å². The van der Waals surface area contributed by atoms with Gasteiger partial charge in [-0.25, -0.2) is 9.97 Å².